The van der Waals surface area contributed by atoms with Crippen LogP contribution in [0.15, 0.2) is 42.2 Å². The number of allylic oxidation sites excluding steroid dienone is 1. The van der Waals surface area contributed by atoms with E-state index in [0.717, 1.165) is 0 Å². The van der Waals surface area contributed by atoms with Gasteiger partial charge in [-0.15, -0.1) is 0 Å². The minimum absolute atomic E-state index is 0.159. The number of rotatable bonds is 4. The van der Waals surface area contributed by atoms with Crippen LogP contribution >= 0.6 is 11.6 Å². The fraction of sp³-hybridized carbons (Fsp3) is 0.158. The van der Waals surface area contributed by atoms with Gasteiger partial charge in [-0.2, -0.15) is 0 Å². The normalized spacial score (nSPS) is 14.4. The fourth-order valence-electron chi connectivity index (χ4n) is 2.48. The van der Waals surface area contributed by atoms with Crippen molar-refractivity contribution in [3.63, 3.8) is 0 Å². The number of esters is 1. The lowest BCUT2D eigenvalue weighted by Crippen LogP contribution is -2.14. The Morgan fingerprint density at radius 2 is 2.00 bits per heavy atom. The predicted molar refractivity (Wildman–Crippen MR) is 93.1 cm³/mol. The minimum Gasteiger partial charge on any atom is -0.452 e. The summed E-state index contributed by atoms with van der Waals surface area (Å²) in [5.41, 5.74) is 1.67. The molecule has 0 spiro atoms. The van der Waals surface area contributed by atoms with Crippen LogP contribution in [0.1, 0.15) is 21.5 Å². The zero-order valence-corrected chi connectivity index (χ0v) is 14.4. The third-order valence-electron chi connectivity index (χ3n) is 3.71. The molecule has 0 radical (unpaired) electrons. The summed E-state index contributed by atoms with van der Waals surface area (Å²) in [5, 5.41) is 0.522. The number of ether oxygens (including phenoxy) is 3. The lowest BCUT2D eigenvalue weighted by Gasteiger charge is -2.09. The maximum absolute atomic E-state index is 12.5. The van der Waals surface area contributed by atoms with Crippen LogP contribution in [0.3, 0.4) is 0 Å². The molecular weight excluding hydrogens is 344 g/mol. The van der Waals surface area contributed by atoms with E-state index in [0.29, 0.717) is 33.2 Å². The van der Waals surface area contributed by atoms with Crippen molar-refractivity contribution < 1.29 is 23.8 Å². The van der Waals surface area contributed by atoms with E-state index < -0.39 is 5.97 Å². The molecule has 2 aromatic rings. The second-order valence-corrected chi connectivity index (χ2v) is 5.84. The molecule has 0 bridgehead atoms. The molecule has 0 aromatic heterocycles. The summed E-state index contributed by atoms with van der Waals surface area (Å²) in [5.74, 6) is 0.111. The van der Waals surface area contributed by atoms with Crippen LogP contribution in [-0.4, -0.2) is 25.5 Å². The van der Waals surface area contributed by atoms with E-state index in [1.807, 2.05) is 6.07 Å². The van der Waals surface area contributed by atoms with Gasteiger partial charge in [-0.25, -0.2) is 4.79 Å². The Kier molecular flexibility index (Phi) is 4.88. The van der Waals surface area contributed by atoms with E-state index in [4.69, 9.17) is 25.8 Å². The summed E-state index contributed by atoms with van der Waals surface area (Å²) in [6, 6.07) is 10.3. The summed E-state index contributed by atoms with van der Waals surface area (Å²) in [6.07, 6.45) is 1.60. The van der Waals surface area contributed by atoms with E-state index >= 15 is 0 Å². The van der Waals surface area contributed by atoms with Crippen LogP contribution in [0.2, 0.25) is 5.02 Å². The van der Waals surface area contributed by atoms with Gasteiger partial charge in [0.1, 0.15) is 18.1 Å². The highest BCUT2D eigenvalue weighted by molar-refractivity contribution is 6.32. The molecule has 1 aliphatic rings. The molecule has 2 aromatic carbocycles. The molecule has 128 valence electrons. The number of hydrogen-bond acceptors (Lipinski definition) is 5. The number of carbonyl (C=O) groups excluding carboxylic acids is 2. The lowest BCUT2D eigenvalue weighted by atomic mass is 10.1. The Morgan fingerprint density at radius 1 is 1.24 bits per heavy atom. The van der Waals surface area contributed by atoms with Crippen molar-refractivity contribution in [3.05, 3.63) is 63.9 Å². The number of hydrogen-bond donors (Lipinski definition) is 0. The van der Waals surface area contributed by atoms with E-state index in [9.17, 15) is 9.59 Å². The van der Waals surface area contributed by atoms with Crippen molar-refractivity contribution in [1.29, 1.82) is 0 Å². The second-order valence-electron chi connectivity index (χ2n) is 5.43. The van der Waals surface area contributed by atoms with Gasteiger partial charge in [-0.3, -0.25) is 4.79 Å². The van der Waals surface area contributed by atoms with Gasteiger partial charge >= 0.3 is 5.97 Å². The van der Waals surface area contributed by atoms with Gasteiger partial charge in [0.15, 0.2) is 5.76 Å². The largest absolute Gasteiger partial charge is 0.452 e. The molecule has 0 atom stereocenters. The summed E-state index contributed by atoms with van der Waals surface area (Å²) in [4.78, 5) is 24.1. The first-order valence-corrected chi connectivity index (χ1v) is 7.91. The molecule has 0 saturated heterocycles. The van der Waals surface area contributed by atoms with Gasteiger partial charge in [-0.05, 0) is 36.8 Å². The summed E-state index contributed by atoms with van der Waals surface area (Å²) >= 11 is 6.12. The zero-order valence-electron chi connectivity index (χ0n) is 13.7. The Morgan fingerprint density at radius 3 is 2.72 bits per heavy atom. The Bertz CT molecular complexity index is 885. The molecule has 0 aliphatic carbocycles. The fourth-order valence-corrected chi connectivity index (χ4v) is 2.67. The number of fused-ring (bicyclic) bond motifs is 1. The topological polar surface area (TPSA) is 61.8 Å². The summed E-state index contributed by atoms with van der Waals surface area (Å²) < 4.78 is 15.7. The predicted octanol–water partition coefficient (Wildman–Crippen LogP) is 3.82. The van der Waals surface area contributed by atoms with E-state index in [1.165, 1.54) is 7.11 Å². The molecular formula is C19H15ClO5. The first-order chi connectivity index (χ1) is 12.0. The molecule has 0 saturated carbocycles. The van der Waals surface area contributed by atoms with E-state index in [2.05, 4.69) is 0 Å². The van der Waals surface area contributed by atoms with Gasteiger partial charge in [0.05, 0.1) is 5.56 Å². The molecule has 25 heavy (non-hydrogen) atoms. The second kappa shape index (κ2) is 7.09. The van der Waals surface area contributed by atoms with E-state index in [-0.39, 0.29) is 18.1 Å². The van der Waals surface area contributed by atoms with Gasteiger partial charge in [0.2, 0.25) is 5.78 Å². The van der Waals surface area contributed by atoms with Crippen molar-refractivity contribution in [2.75, 3.05) is 13.7 Å². The SMILES string of the molecule is COCC(=O)Oc1ccc2c(c1C)O/C(=C\c1ccccc1Cl)C2=O. The quantitative estimate of drug-likeness (QED) is 0.472. The van der Waals surface area contributed by atoms with Crippen LogP contribution in [-0.2, 0) is 9.53 Å². The lowest BCUT2D eigenvalue weighted by molar-refractivity contribution is -0.138. The van der Waals surface area contributed by atoms with Crippen molar-refractivity contribution >= 4 is 29.4 Å². The van der Waals surface area contributed by atoms with Crippen molar-refractivity contribution in [3.8, 4) is 11.5 Å². The number of carbonyl (C=O) groups is 2. The van der Waals surface area contributed by atoms with E-state index in [1.54, 1.807) is 43.3 Å². The Labute approximate surface area is 149 Å². The van der Waals surface area contributed by atoms with Gasteiger partial charge in [-0.1, -0.05) is 29.8 Å². The maximum Gasteiger partial charge on any atom is 0.337 e. The highest BCUT2D eigenvalue weighted by Gasteiger charge is 2.30. The van der Waals surface area contributed by atoms with Crippen molar-refractivity contribution in [2.24, 2.45) is 0 Å². The van der Waals surface area contributed by atoms with Crippen LogP contribution in [0, 0.1) is 6.92 Å². The molecule has 0 unspecified atom stereocenters. The van der Waals surface area contributed by atoms with Gasteiger partial charge in [0, 0.05) is 17.7 Å². The van der Waals surface area contributed by atoms with Crippen molar-refractivity contribution in [2.45, 2.75) is 6.92 Å². The highest BCUT2D eigenvalue weighted by atomic mass is 35.5. The highest BCUT2D eigenvalue weighted by Crippen LogP contribution is 2.39. The van der Waals surface area contributed by atoms with Crippen LogP contribution in [0.4, 0.5) is 0 Å². The van der Waals surface area contributed by atoms with Crippen LogP contribution in [0.5, 0.6) is 11.5 Å². The molecule has 0 fully saturated rings. The molecule has 0 amide bonds. The summed E-state index contributed by atoms with van der Waals surface area (Å²) in [7, 11) is 1.41. The average molecular weight is 359 g/mol. The van der Waals surface area contributed by atoms with Crippen LogP contribution < -0.4 is 9.47 Å². The Hall–Kier alpha value is -2.63. The molecule has 5 nitrogen and oxygen atoms in total. The third kappa shape index (κ3) is 3.43. The number of ketones is 1. The molecule has 1 heterocycles. The van der Waals surface area contributed by atoms with Gasteiger partial charge in [0.25, 0.3) is 0 Å². The monoisotopic (exact) mass is 358 g/mol. The minimum atomic E-state index is -0.526. The maximum atomic E-state index is 12.5. The first-order valence-electron chi connectivity index (χ1n) is 7.53. The number of benzene rings is 2. The molecule has 1 aliphatic heterocycles. The average Bonchev–Trinajstić information content (AvgIpc) is 2.90. The number of Topliss-reactive ketones (excluding diaryl/α,β-unsaturated/α-hetero) is 1. The third-order valence-corrected chi connectivity index (χ3v) is 4.06. The number of halogens is 1. The number of methoxy groups -OCH3 is 1. The first kappa shape index (κ1) is 17.2. The molecule has 6 heteroatoms. The van der Waals surface area contributed by atoms with Crippen molar-refractivity contribution in [1.82, 2.24) is 0 Å². The molecule has 3 rings (SSSR count). The van der Waals surface area contributed by atoms with Gasteiger partial charge < -0.3 is 14.2 Å². The van der Waals surface area contributed by atoms with Crippen LogP contribution in [0.25, 0.3) is 6.08 Å². The Balaban J connectivity index is 1.92. The summed E-state index contributed by atoms with van der Waals surface area (Å²) in [6.45, 7) is 1.56. The molecule has 0 N–H and O–H groups in total. The standard InChI is InChI=1S/C19H15ClO5/c1-11-15(24-17(21)10-23-2)8-7-13-18(22)16(25-19(11)13)9-12-5-3-4-6-14(12)20/h3-9H,10H2,1-2H3/b16-9-. The zero-order chi connectivity index (χ0) is 18.0. The smallest absolute Gasteiger partial charge is 0.337 e.